The second kappa shape index (κ2) is 5.96. The van der Waals surface area contributed by atoms with Gasteiger partial charge in [-0.25, -0.2) is 0 Å². The first-order chi connectivity index (χ1) is 9.81. The van der Waals surface area contributed by atoms with Gasteiger partial charge in [-0.15, -0.1) is 10.2 Å². The van der Waals surface area contributed by atoms with Crippen molar-refractivity contribution in [2.75, 3.05) is 37.6 Å². The zero-order chi connectivity index (χ0) is 13.8. The maximum atomic E-state index is 4.25. The van der Waals surface area contributed by atoms with Crippen molar-refractivity contribution in [2.45, 2.75) is 13.5 Å². The Morgan fingerprint density at radius 1 is 1.05 bits per heavy atom. The van der Waals surface area contributed by atoms with Crippen molar-refractivity contribution >= 4 is 5.82 Å². The van der Waals surface area contributed by atoms with E-state index in [1.165, 1.54) is 0 Å². The molecule has 7 nitrogen and oxygen atoms in total. The molecule has 0 amide bonds. The quantitative estimate of drug-likeness (QED) is 0.793. The van der Waals surface area contributed by atoms with E-state index < -0.39 is 0 Å². The Bertz CT molecular complexity index is 514. The first kappa shape index (κ1) is 13.0. The largest absolute Gasteiger partial charge is 0.353 e. The van der Waals surface area contributed by atoms with E-state index in [0.717, 1.165) is 50.8 Å². The predicted octanol–water partition coefficient (Wildman–Crippen LogP) is 0.199. The standard InChI is InChI=1S/C13H19N7/c1-12-2-3-13(16-15-12)19-9-6-18(7-10-19)8-11-20-5-4-14-17-20/h2-5H,6-11H2,1H3. The summed E-state index contributed by atoms with van der Waals surface area (Å²) in [5, 5.41) is 16.2. The normalized spacial score (nSPS) is 16.6. The maximum absolute atomic E-state index is 4.25. The number of anilines is 1. The van der Waals surface area contributed by atoms with Crippen LogP contribution in [0.1, 0.15) is 5.69 Å². The average Bonchev–Trinajstić information content (AvgIpc) is 3.00. The van der Waals surface area contributed by atoms with Crippen LogP contribution in [-0.4, -0.2) is 62.8 Å². The molecule has 0 spiro atoms. The molecule has 0 aromatic carbocycles. The van der Waals surface area contributed by atoms with E-state index in [1.54, 1.807) is 6.20 Å². The first-order valence-electron chi connectivity index (χ1n) is 6.93. The third-order valence-corrected chi connectivity index (χ3v) is 3.60. The van der Waals surface area contributed by atoms with E-state index in [2.05, 4.69) is 30.3 Å². The molecule has 20 heavy (non-hydrogen) atoms. The summed E-state index contributed by atoms with van der Waals surface area (Å²) in [5.74, 6) is 0.978. The van der Waals surface area contributed by atoms with Crippen molar-refractivity contribution in [2.24, 2.45) is 0 Å². The summed E-state index contributed by atoms with van der Waals surface area (Å²) in [4.78, 5) is 4.73. The lowest BCUT2D eigenvalue weighted by Gasteiger charge is -2.35. The van der Waals surface area contributed by atoms with E-state index in [1.807, 2.05) is 29.9 Å². The fourth-order valence-electron chi connectivity index (χ4n) is 2.36. The molecule has 2 aromatic heterocycles. The zero-order valence-corrected chi connectivity index (χ0v) is 11.7. The molecular weight excluding hydrogens is 254 g/mol. The molecule has 3 heterocycles. The van der Waals surface area contributed by atoms with Crippen LogP contribution in [0.5, 0.6) is 0 Å². The van der Waals surface area contributed by atoms with Crippen molar-refractivity contribution in [1.29, 1.82) is 0 Å². The molecule has 0 saturated carbocycles. The molecule has 0 aliphatic carbocycles. The highest BCUT2D eigenvalue weighted by atomic mass is 15.4. The van der Waals surface area contributed by atoms with Gasteiger partial charge in [0.15, 0.2) is 5.82 Å². The number of aromatic nitrogens is 5. The Morgan fingerprint density at radius 2 is 1.90 bits per heavy atom. The number of rotatable bonds is 4. The topological polar surface area (TPSA) is 63.0 Å². The highest BCUT2D eigenvalue weighted by molar-refractivity contribution is 5.37. The van der Waals surface area contributed by atoms with Crippen LogP contribution < -0.4 is 4.90 Å². The Balaban J connectivity index is 1.48. The molecule has 1 aliphatic heterocycles. The van der Waals surface area contributed by atoms with E-state index in [4.69, 9.17) is 0 Å². The summed E-state index contributed by atoms with van der Waals surface area (Å²) in [5.41, 5.74) is 0.959. The first-order valence-corrected chi connectivity index (χ1v) is 6.93. The fraction of sp³-hybridized carbons (Fsp3) is 0.538. The summed E-state index contributed by atoms with van der Waals surface area (Å²) in [6.07, 6.45) is 3.62. The van der Waals surface area contributed by atoms with Gasteiger partial charge in [-0.2, -0.15) is 5.10 Å². The molecular formula is C13H19N7. The van der Waals surface area contributed by atoms with Crippen LogP contribution in [0.4, 0.5) is 5.82 Å². The van der Waals surface area contributed by atoms with E-state index in [9.17, 15) is 0 Å². The van der Waals surface area contributed by atoms with Crippen LogP contribution in [0.3, 0.4) is 0 Å². The Hall–Kier alpha value is -2.02. The molecule has 7 heteroatoms. The lowest BCUT2D eigenvalue weighted by molar-refractivity contribution is 0.243. The second-order valence-corrected chi connectivity index (χ2v) is 5.03. The third-order valence-electron chi connectivity index (χ3n) is 3.60. The van der Waals surface area contributed by atoms with Gasteiger partial charge in [-0.3, -0.25) is 9.58 Å². The Kier molecular flexibility index (Phi) is 3.87. The van der Waals surface area contributed by atoms with Gasteiger partial charge in [0.05, 0.1) is 18.4 Å². The number of hydrogen-bond acceptors (Lipinski definition) is 6. The molecule has 106 valence electrons. The minimum atomic E-state index is 0.893. The predicted molar refractivity (Wildman–Crippen MR) is 75.4 cm³/mol. The molecule has 0 radical (unpaired) electrons. The molecule has 1 fully saturated rings. The number of aryl methyl sites for hydroxylation is 1. The van der Waals surface area contributed by atoms with Gasteiger partial charge < -0.3 is 4.90 Å². The minimum absolute atomic E-state index is 0.893. The molecule has 0 unspecified atom stereocenters. The Labute approximate surface area is 118 Å². The molecule has 0 bridgehead atoms. The van der Waals surface area contributed by atoms with Gasteiger partial charge >= 0.3 is 0 Å². The molecule has 2 aromatic rings. The molecule has 3 rings (SSSR count). The third kappa shape index (κ3) is 3.11. The highest BCUT2D eigenvalue weighted by Crippen LogP contribution is 2.12. The lowest BCUT2D eigenvalue weighted by Crippen LogP contribution is -2.47. The average molecular weight is 273 g/mol. The summed E-state index contributed by atoms with van der Waals surface area (Å²) >= 11 is 0. The van der Waals surface area contributed by atoms with Crippen LogP contribution in [-0.2, 0) is 6.54 Å². The van der Waals surface area contributed by atoms with Crippen LogP contribution in [0.25, 0.3) is 0 Å². The van der Waals surface area contributed by atoms with Crippen LogP contribution in [0.15, 0.2) is 24.5 Å². The summed E-state index contributed by atoms with van der Waals surface area (Å²) < 4.78 is 1.87. The summed E-state index contributed by atoms with van der Waals surface area (Å²) in [7, 11) is 0. The number of piperazine rings is 1. The van der Waals surface area contributed by atoms with Crippen LogP contribution in [0, 0.1) is 6.92 Å². The van der Waals surface area contributed by atoms with Gasteiger partial charge in [0.1, 0.15) is 0 Å². The molecule has 0 atom stereocenters. The van der Waals surface area contributed by atoms with Crippen molar-refractivity contribution in [1.82, 2.24) is 30.1 Å². The van der Waals surface area contributed by atoms with Crippen LogP contribution in [0.2, 0.25) is 0 Å². The van der Waals surface area contributed by atoms with Crippen molar-refractivity contribution in [3.8, 4) is 0 Å². The molecule has 1 aliphatic rings. The fourth-order valence-corrected chi connectivity index (χ4v) is 2.36. The van der Waals surface area contributed by atoms with Gasteiger partial charge in [0.2, 0.25) is 0 Å². The summed E-state index contributed by atoms with van der Waals surface area (Å²) in [6, 6.07) is 4.06. The SMILES string of the molecule is Cc1ccc(N2CCN(CCn3ccnn3)CC2)nn1. The smallest absolute Gasteiger partial charge is 0.151 e. The van der Waals surface area contributed by atoms with Gasteiger partial charge in [0, 0.05) is 38.9 Å². The molecule has 1 saturated heterocycles. The van der Waals surface area contributed by atoms with Crippen molar-refractivity contribution < 1.29 is 0 Å². The highest BCUT2D eigenvalue weighted by Gasteiger charge is 2.17. The number of nitrogens with zero attached hydrogens (tertiary/aromatic N) is 7. The Morgan fingerprint density at radius 3 is 2.55 bits per heavy atom. The lowest BCUT2D eigenvalue weighted by atomic mass is 10.3. The van der Waals surface area contributed by atoms with Gasteiger partial charge in [-0.05, 0) is 19.1 Å². The maximum Gasteiger partial charge on any atom is 0.151 e. The second-order valence-electron chi connectivity index (χ2n) is 5.03. The van der Waals surface area contributed by atoms with E-state index in [-0.39, 0.29) is 0 Å². The van der Waals surface area contributed by atoms with Gasteiger partial charge in [0.25, 0.3) is 0 Å². The molecule has 0 N–H and O–H groups in total. The monoisotopic (exact) mass is 273 g/mol. The van der Waals surface area contributed by atoms with Gasteiger partial charge in [-0.1, -0.05) is 5.21 Å². The summed E-state index contributed by atoms with van der Waals surface area (Å²) in [6.45, 7) is 7.94. The van der Waals surface area contributed by atoms with Crippen molar-refractivity contribution in [3.05, 3.63) is 30.2 Å². The number of hydrogen-bond donors (Lipinski definition) is 0. The zero-order valence-electron chi connectivity index (χ0n) is 11.7. The minimum Gasteiger partial charge on any atom is -0.353 e. The van der Waals surface area contributed by atoms with E-state index >= 15 is 0 Å². The van der Waals surface area contributed by atoms with Crippen molar-refractivity contribution in [3.63, 3.8) is 0 Å². The van der Waals surface area contributed by atoms with E-state index in [0.29, 0.717) is 0 Å². The van der Waals surface area contributed by atoms with Crippen LogP contribution >= 0.6 is 0 Å².